The van der Waals surface area contributed by atoms with Crippen LogP contribution in [-0.2, 0) is 0 Å². The minimum atomic E-state index is -0.368. The lowest BCUT2D eigenvalue weighted by atomic mass is 10.4. The molecule has 0 aliphatic heterocycles. The summed E-state index contributed by atoms with van der Waals surface area (Å²) in [6.45, 7) is 4.04. The molecule has 1 aromatic heterocycles. The standard InChI is InChI=1S/C6H11N3O2S/c1-3-11-9-5(4(2)12)7-8-6(9)10/h4,12H,3H2,1-2H3,(H,8,10). The van der Waals surface area contributed by atoms with Gasteiger partial charge in [-0.3, -0.25) is 0 Å². The van der Waals surface area contributed by atoms with Crippen molar-refractivity contribution in [1.29, 1.82) is 0 Å². The van der Waals surface area contributed by atoms with Gasteiger partial charge in [-0.15, -0.1) is 4.73 Å². The average Bonchev–Trinajstić information content (AvgIpc) is 2.34. The van der Waals surface area contributed by atoms with Crippen molar-refractivity contribution < 1.29 is 4.84 Å². The topological polar surface area (TPSA) is 59.9 Å². The first kappa shape index (κ1) is 9.18. The van der Waals surface area contributed by atoms with Gasteiger partial charge in [-0.25, -0.2) is 9.89 Å². The number of aromatic amines is 1. The van der Waals surface area contributed by atoms with Crippen LogP contribution in [0.1, 0.15) is 24.9 Å². The van der Waals surface area contributed by atoms with Crippen LogP contribution >= 0.6 is 12.6 Å². The zero-order chi connectivity index (χ0) is 9.14. The van der Waals surface area contributed by atoms with Crippen molar-refractivity contribution in [3.05, 3.63) is 16.3 Å². The number of hydrogen-bond acceptors (Lipinski definition) is 4. The van der Waals surface area contributed by atoms with E-state index in [4.69, 9.17) is 4.84 Å². The minimum absolute atomic E-state index is 0.129. The van der Waals surface area contributed by atoms with Crippen molar-refractivity contribution in [2.75, 3.05) is 6.61 Å². The second kappa shape index (κ2) is 3.66. The van der Waals surface area contributed by atoms with E-state index in [0.717, 1.165) is 4.73 Å². The van der Waals surface area contributed by atoms with E-state index in [1.807, 2.05) is 6.92 Å². The van der Waals surface area contributed by atoms with Crippen LogP contribution in [0.4, 0.5) is 0 Å². The second-order valence-corrected chi connectivity index (χ2v) is 3.05. The van der Waals surface area contributed by atoms with E-state index in [9.17, 15) is 4.79 Å². The molecule has 1 unspecified atom stereocenters. The molecule has 0 spiro atoms. The van der Waals surface area contributed by atoms with Crippen LogP contribution in [0.5, 0.6) is 0 Å². The molecule has 1 N–H and O–H groups in total. The first-order valence-corrected chi connectivity index (χ1v) is 4.17. The van der Waals surface area contributed by atoms with Gasteiger partial charge in [0.2, 0.25) is 0 Å². The van der Waals surface area contributed by atoms with E-state index < -0.39 is 0 Å². The average molecular weight is 189 g/mol. The summed E-state index contributed by atoms with van der Waals surface area (Å²) in [7, 11) is 0. The fourth-order valence-electron chi connectivity index (χ4n) is 0.817. The van der Waals surface area contributed by atoms with E-state index in [-0.39, 0.29) is 10.9 Å². The van der Waals surface area contributed by atoms with Gasteiger partial charge >= 0.3 is 5.69 Å². The zero-order valence-corrected chi connectivity index (χ0v) is 7.84. The van der Waals surface area contributed by atoms with Gasteiger partial charge in [-0.2, -0.15) is 17.7 Å². The summed E-state index contributed by atoms with van der Waals surface area (Å²) in [5.74, 6) is 0.491. The molecule has 6 heteroatoms. The molecule has 0 amide bonds. The monoisotopic (exact) mass is 189 g/mol. The normalized spacial score (nSPS) is 12.9. The number of nitrogens with zero attached hydrogens (tertiary/aromatic N) is 2. The number of rotatable bonds is 3. The lowest BCUT2D eigenvalue weighted by molar-refractivity contribution is 0.106. The van der Waals surface area contributed by atoms with Crippen LogP contribution in [0.3, 0.4) is 0 Å². The van der Waals surface area contributed by atoms with E-state index in [1.165, 1.54) is 0 Å². The van der Waals surface area contributed by atoms with Crippen molar-refractivity contribution in [2.45, 2.75) is 19.1 Å². The predicted molar refractivity (Wildman–Crippen MR) is 47.4 cm³/mol. The van der Waals surface area contributed by atoms with Gasteiger partial charge in [0.1, 0.15) is 6.61 Å². The molecule has 0 aromatic carbocycles. The van der Waals surface area contributed by atoms with E-state index in [1.54, 1.807) is 6.92 Å². The Morgan fingerprint density at radius 1 is 1.83 bits per heavy atom. The SMILES string of the molecule is CCOn1c(C(C)S)n[nH]c1=O. The number of thiol groups is 1. The Hall–Kier alpha value is -0.910. The molecule has 1 heterocycles. The Labute approximate surface area is 75.1 Å². The van der Waals surface area contributed by atoms with Gasteiger partial charge in [0.05, 0.1) is 5.25 Å². The van der Waals surface area contributed by atoms with Gasteiger partial charge < -0.3 is 4.84 Å². The zero-order valence-electron chi connectivity index (χ0n) is 6.94. The van der Waals surface area contributed by atoms with Crippen molar-refractivity contribution in [2.24, 2.45) is 0 Å². The van der Waals surface area contributed by atoms with Crippen molar-refractivity contribution >= 4 is 12.6 Å². The van der Waals surface area contributed by atoms with Crippen LogP contribution in [0.25, 0.3) is 0 Å². The summed E-state index contributed by atoms with van der Waals surface area (Å²) < 4.78 is 1.12. The largest absolute Gasteiger partial charge is 0.408 e. The highest BCUT2D eigenvalue weighted by Gasteiger charge is 2.12. The molecule has 1 aromatic rings. The van der Waals surface area contributed by atoms with Gasteiger partial charge in [0, 0.05) is 0 Å². The van der Waals surface area contributed by atoms with Crippen molar-refractivity contribution in [3.8, 4) is 0 Å². The number of aromatic nitrogens is 3. The quantitative estimate of drug-likeness (QED) is 0.658. The third kappa shape index (κ3) is 1.63. The predicted octanol–water partition coefficient (Wildman–Crippen LogP) is 0.0107. The lowest BCUT2D eigenvalue weighted by Crippen LogP contribution is -2.26. The second-order valence-electron chi connectivity index (χ2n) is 2.28. The molecule has 1 atom stereocenters. The van der Waals surface area contributed by atoms with Gasteiger partial charge in [-0.1, -0.05) is 0 Å². The summed E-state index contributed by atoms with van der Waals surface area (Å²) in [6, 6.07) is 0. The molecular weight excluding hydrogens is 178 g/mol. The van der Waals surface area contributed by atoms with Gasteiger partial charge in [-0.05, 0) is 13.8 Å². The molecule has 0 bridgehead atoms. The third-order valence-electron chi connectivity index (χ3n) is 1.29. The minimum Gasteiger partial charge on any atom is -0.408 e. The fraction of sp³-hybridized carbons (Fsp3) is 0.667. The van der Waals surface area contributed by atoms with E-state index in [2.05, 4.69) is 22.8 Å². The van der Waals surface area contributed by atoms with Gasteiger partial charge in [0.15, 0.2) is 5.82 Å². The molecule has 0 fully saturated rings. The molecule has 12 heavy (non-hydrogen) atoms. The smallest absolute Gasteiger partial charge is 0.376 e. The Balaban J connectivity index is 3.04. The highest BCUT2D eigenvalue weighted by molar-refractivity contribution is 7.80. The Morgan fingerprint density at radius 2 is 2.50 bits per heavy atom. The summed E-state index contributed by atoms with van der Waals surface area (Å²) in [5, 5.41) is 5.92. The molecule has 0 saturated heterocycles. The number of nitrogens with one attached hydrogen (secondary N) is 1. The summed E-state index contributed by atoms with van der Waals surface area (Å²) in [6.07, 6.45) is 0. The van der Waals surface area contributed by atoms with E-state index >= 15 is 0 Å². The van der Waals surface area contributed by atoms with Crippen LogP contribution in [-0.4, -0.2) is 21.5 Å². The Kier molecular flexibility index (Phi) is 2.80. The first-order chi connectivity index (χ1) is 5.66. The Bertz CT molecular complexity index is 304. The molecule has 0 radical (unpaired) electrons. The first-order valence-electron chi connectivity index (χ1n) is 3.65. The Morgan fingerprint density at radius 3 is 3.00 bits per heavy atom. The molecular formula is C6H11N3O2S. The summed E-state index contributed by atoms with van der Waals surface area (Å²) >= 11 is 4.14. The van der Waals surface area contributed by atoms with Crippen LogP contribution in [0, 0.1) is 0 Å². The van der Waals surface area contributed by atoms with Gasteiger partial charge in [0.25, 0.3) is 0 Å². The maximum absolute atomic E-state index is 11.0. The fourth-order valence-corrected chi connectivity index (χ4v) is 0.980. The molecule has 5 nitrogen and oxygen atoms in total. The molecule has 0 aliphatic carbocycles. The molecule has 68 valence electrons. The summed E-state index contributed by atoms with van der Waals surface area (Å²) in [4.78, 5) is 16.1. The van der Waals surface area contributed by atoms with E-state index in [0.29, 0.717) is 12.4 Å². The highest BCUT2D eigenvalue weighted by Crippen LogP contribution is 2.12. The lowest BCUT2D eigenvalue weighted by Gasteiger charge is -2.06. The van der Waals surface area contributed by atoms with Crippen LogP contribution in [0.15, 0.2) is 4.79 Å². The molecule has 1 rings (SSSR count). The van der Waals surface area contributed by atoms with Crippen LogP contribution in [0.2, 0.25) is 0 Å². The summed E-state index contributed by atoms with van der Waals surface area (Å²) in [5.41, 5.74) is -0.368. The number of H-pyrrole nitrogens is 1. The molecule has 0 saturated carbocycles. The third-order valence-corrected chi connectivity index (χ3v) is 1.52. The number of hydrogen-bond donors (Lipinski definition) is 2. The maximum Gasteiger partial charge on any atom is 0.376 e. The molecule has 0 aliphatic rings. The van der Waals surface area contributed by atoms with Crippen molar-refractivity contribution in [1.82, 2.24) is 14.9 Å². The maximum atomic E-state index is 11.0. The van der Waals surface area contributed by atoms with Crippen molar-refractivity contribution in [3.63, 3.8) is 0 Å². The van der Waals surface area contributed by atoms with Crippen LogP contribution < -0.4 is 10.5 Å². The highest BCUT2D eigenvalue weighted by atomic mass is 32.1.